The van der Waals surface area contributed by atoms with Gasteiger partial charge in [-0.15, -0.1) is 0 Å². The maximum absolute atomic E-state index is 11.7. The van der Waals surface area contributed by atoms with E-state index in [1.165, 1.54) is 6.08 Å². The van der Waals surface area contributed by atoms with E-state index >= 15 is 0 Å². The summed E-state index contributed by atoms with van der Waals surface area (Å²) < 4.78 is 10.5. The number of hydrogen-bond donors (Lipinski definition) is 1. The normalized spacial score (nSPS) is 13.6. The lowest BCUT2D eigenvalue weighted by molar-refractivity contribution is -0.154. The summed E-state index contributed by atoms with van der Waals surface area (Å²) in [6, 6.07) is 5.79. The van der Waals surface area contributed by atoms with Gasteiger partial charge < -0.3 is 14.8 Å². The van der Waals surface area contributed by atoms with E-state index in [0.717, 1.165) is 23.3 Å². The Bertz CT molecular complexity index is 599. The lowest BCUT2D eigenvalue weighted by atomic mass is 10.1. The first kappa shape index (κ1) is 16.1. The van der Waals surface area contributed by atoms with Gasteiger partial charge in [-0.25, -0.2) is 0 Å². The van der Waals surface area contributed by atoms with Crippen LogP contribution >= 0.6 is 0 Å². The molecule has 0 atom stereocenters. The molecule has 0 aromatic heterocycles. The van der Waals surface area contributed by atoms with Crippen LogP contribution in [-0.2, 0) is 20.7 Å². The smallest absolute Gasteiger partial charge is 0.325 e. The van der Waals surface area contributed by atoms with Crippen LogP contribution in [0.15, 0.2) is 24.3 Å². The summed E-state index contributed by atoms with van der Waals surface area (Å²) in [5.41, 5.74) is 1.53. The quantitative estimate of drug-likeness (QED) is 0.683. The van der Waals surface area contributed by atoms with Gasteiger partial charge in [0.2, 0.25) is 5.91 Å². The van der Waals surface area contributed by atoms with E-state index in [9.17, 15) is 9.59 Å². The van der Waals surface area contributed by atoms with Crippen LogP contribution in [0, 0.1) is 0 Å². The summed E-state index contributed by atoms with van der Waals surface area (Å²) >= 11 is 0. The van der Waals surface area contributed by atoms with Gasteiger partial charge >= 0.3 is 5.97 Å². The van der Waals surface area contributed by atoms with Gasteiger partial charge in [0, 0.05) is 12.5 Å². The van der Waals surface area contributed by atoms with Crippen LogP contribution in [0.5, 0.6) is 5.75 Å². The highest BCUT2D eigenvalue weighted by Gasteiger charge is 2.16. The van der Waals surface area contributed by atoms with Gasteiger partial charge in [-0.1, -0.05) is 6.07 Å². The lowest BCUT2D eigenvalue weighted by Gasteiger charge is -2.19. The summed E-state index contributed by atoms with van der Waals surface area (Å²) in [5, 5.41) is 2.50. The van der Waals surface area contributed by atoms with Crippen molar-refractivity contribution in [3.05, 3.63) is 35.4 Å². The maximum Gasteiger partial charge on any atom is 0.325 e. The molecular formula is C17H21NO4. The molecule has 1 N–H and O–H groups in total. The summed E-state index contributed by atoms with van der Waals surface area (Å²) in [5.74, 6) is 0.123. The van der Waals surface area contributed by atoms with E-state index in [0.29, 0.717) is 6.61 Å². The van der Waals surface area contributed by atoms with Crippen LogP contribution < -0.4 is 10.1 Å². The second-order valence-electron chi connectivity index (χ2n) is 6.10. The molecule has 1 aromatic rings. The van der Waals surface area contributed by atoms with Crippen molar-refractivity contribution in [3.8, 4) is 5.75 Å². The Kier molecular flexibility index (Phi) is 4.85. The van der Waals surface area contributed by atoms with Crippen molar-refractivity contribution in [3.63, 3.8) is 0 Å². The molecule has 0 radical (unpaired) electrons. The molecule has 5 heteroatoms. The predicted octanol–water partition coefficient (Wildman–Crippen LogP) is 2.09. The summed E-state index contributed by atoms with van der Waals surface area (Å²) in [6.07, 6.45) is 4.01. The molecule has 1 aliphatic rings. The van der Waals surface area contributed by atoms with E-state index in [1.54, 1.807) is 26.8 Å². The zero-order valence-electron chi connectivity index (χ0n) is 13.1. The number of carbonyl (C=O) groups excluding carboxylic acids is 2. The standard InChI is InChI=1S/C17H21NO4/c1-17(2,3)22-16(20)11-18-15(19)7-5-12-4-6-14-13(10-12)8-9-21-14/h4-7,10H,8-9,11H2,1-3H3,(H,18,19). The number of fused-ring (bicyclic) bond motifs is 1. The number of benzene rings is 1. The average molecular weight is 303 g/mol. The first-order valence-electron chi connectivity index (χ1n) is 7.27. The highest BCUT2D eigenvalue weighted by Crippen LogP contribution is 2.26. The van der Waals surface area contributed by atoms with Gasteiger partial charge in [-0.3, -0.25) is 9.59 Å². The summed E-state index contributed by atoms with van der Waals surface area (Å²) in [7, 11) is 0. The number of ether oxygens (including phenoxy) is 2. The van der Waals surface area contributed by atoms with Crippen LogP contribution in [0.3, 0.4) is 0 Å². The highest BCUT2D eigenvalue weighted by molar-refractivity contribution is 5.93. The average Bonchev–Trinajstić information content (AvgIpc) is 2.88. The van der Waals surface area contributed by atoms with Crippen LogP contribution in [0.25, 0.3) is 6.08 Å². The van der Waals surface area contributed by atoms with E-state index in [2.05, 4.69) is 5.32 Å². The number of esters is 1. The second-order valence-corrected chi connectivity index (χ2v) is 6.10. The highest BCUT2D eigenvalue weighted by atomic mass is 16.6. The molecule has 118 valence electrons. The van der Waals surface area contributed by atoms with Crippen LogP contribution in [-0.4, -0.2) is 30.6 Å². The SMILES string of the molecule is CC(C)(C)OC(=O)CNC(=O)C=Cc1ccc2c(c1)CCO2. The van der Waals surface area contributed by atoms with Crippen molar-refractivity contribution in [1.29, 1.82) is 0 Å². The minimum Gasteiger partial charge on any atom is -0.493 e. The molecule has 0 aliphatic carbocycles. The topological polar surface area (TPSA) is 64.6 Å². The number of carbonyl (C=O) groups is 2. The minimum atomic E-state index is -0.551. The van der Waals surface area contributed by atoms with E-state index < -0.39 is 11.6 Å². The van der Waals surface area contributed by atoms with Crippen molar-refractivity contribution < 1.29 is 19.1 Å². The van der Waals surface area contributed by atoms with E-state index in [-0.39, 0.29) is 12.5 Å². The fraction of sp³-hybridized carbons (Fsp3) is 0.412. The Hall–Kier alpha value is -2.30. The second kappa shape index (κ2) is 6.64. The number of nitrogens with one attached hydrogen (secondary N) is 1. The van der Waals surface area contributed by atoms with Crippen molar-refractivity contribution in [1.82, 2.24) is 5.32 Å². The molecule has 22 heavy (non-hydrogen) atoms. The van der Waals surface area contributed by atoms with E-state index in [4.69, 9.17) is 9.47 Å². The number of rotatable bonds is 4. The Labute approximate surface area is 130 Å². The van der Waals surface area contributed by atoms with Crippen molar-refractivity contribution in [2.24, 2.45) is 0 Å². The Balaban J connectivity index is 1.83. The Morgan fingerprint density at radius 2 is 2.14 bits per heavy atom. The number of hydrogen-bond acceptors (Lipinski definition) is 4. The molecule has 0 saturated carbocycles. The van der Waals surface area contributed by atoms with Gasteiger partial charge in [0.05, 0.1) is 6.61 Å². The molecule has 1 amide bonds. The third-order valence-corrected chi connectivity index (χ3v) is 2.97. The molecule has 1 heterocycles. The Morgan fingerprint density at radius 1 is 1.36 bits per heavy atom. The van der Waals surface area contributed by atoms with Gasteiger partial charge in [0.15, 0.2) is 0 Å². The first-order valence-corrected chi connectivity index (χ1v) is 7.27. The van der Waals surface area contributed by atoms with Crippen molar-refractivity contribution in [2.45, 2.75) is 32.8 Å². The molecule has 0 unspecified atom stereocenters. The Morgan fingerprint density at radius 3 is 2.86 bits per heavy atom. The fourth-order valence-electron chi connectivity index (χ4n) is 2.08. The monoisotopic (exact) mass is 303 g/mol. The molecule has 0 spiro atoms. The third-order valence-electron chi connectivity index (χ3n) is 2.97. The predicted molar refractivity (Wildman–Crippen MR) is 83.5 cm³/mol. The molecule has 5 nitrogen and oxygen atoms in total. The zero-order chi connectivity index (χ0) is 16.2. The molecule has 1 aliphatic heterocycles. The third kappa shape index (κ3) is 4.91. The van der Waals surface area contributed by atoms with Gasteiger partial charge in [0.25, 0.3) is 0 Å². The van der Waals surface area contributed by atoms with Crippen LogP contribution in [0.1, 0.15) is 31.9 Å². The summed E-state index contributed by atoms with van der Waals surface area (Å²) in [6.45, 7) is 5.91. The lowest BCUT2D eigenvalue weighted by Crippen LogP contribution is -2.33. The van der Waals surface area contributed by atoms with Gasteiger partial charge in [-0.05, 0) is 50.1 Å². The molecule has 2 rings (SSSR count). The van der Waals surface area contributed by atoms with Crippen molar-refractivity contribution in [2.75, 3.05) is 13.2 Å². The number of amides is 1. The molecular weight excluding hydrogens is 282 g/mol. The minimum absolute atomic E-state index is 0.140. The first-order chi connectivity index (χ1) is 10.3. The van der Waals surface area contributed by atoms with Gasteiger partial charge in [-0.2, -0.15) is 0 Å². The maximum atomic E-state index is 11.7. The van der Waals surface area contributed by atoms with Crippen LogP contribution in [0.2, 0.25) is 0 Å². The summed E-state index contributed by atoms with van der Waals surface area (Å²) in [4.78, 5) is 23.2. The van der Waals surface area contributed by atoms with Crippen LogP contribution in [0.4, 0.5) is 0 Å². The largest absolute Gasteiger partial charge is 0.493 e. The zero-order valence-corrected chi connectivity index (χ0v) is 13.1. The van der Waals surface area contributed by atoms with Gasteiger partial charge in [0.1, 0.15) is 17.9 Å². The van der Waals surface area contributed by atoms with Crippen molar-refractivity contribution >= 4 is 18.0 Å². The fourth-order valence-corrected chi connectivity index (χ4v) is 2.08. The van der Waals surface area contributed by atoms with E-state index in [1.807, 2.05) is 18.2 Å². The molecule has 0 bridgehead atoms. The molecule has 0 saturated heterocycles. The molecule has 0 fully saturated rings. The molecule has 1 aromatic carbocycles.